The van der Waals surface area contributed by atoms with E-state index in [0.717, 1.165) is 16.3 Å². The lowest BCUT2D eigenvalue weighted by Gasteiger charge is -2.16. The topological polar surface area (TPSA) is 81.7 Å². The van der Waals surface area contributed by atoms with Gasteiger partial charge in [-0.15, -0.1) is 0 Å². The van der Waals surface area contributed by atoms with Crippen molar-refractivity contribution in [2.45, 2.75) is 12.5 Å². The summed E-state index contributed by atoms with van der Waals surface area (Å²) in [5, 5.41) is 4.47. The Morgan fingerprint density at radius 1 is 0.897 bits per heavy atom. The minimum absolute atomic E-state index is 0.276. The minimum Gasteiger partial charge on any atom is -0.467 e. The van der Waals surface area contributed by atoms with E-state index in [1.54, 1.807) is 12.1 Å². The summed E-state index contributed by atoms with van der Waals surface area (Å²) in [6.07, 6.45) is 0.276. The molecule has 0 saturated carbocycles. The van der Waals surface area contributed by atoms with Crippen molar-refractivity contribution in [2.24, 2.45) is 0 Å². The van der Waals surface area contributed by atoms with Gasteiger partial charge in [-0.05, 0) is 28.5 Å². The van der Waals surface area contributed by atoms with Crippen molar-refractivity contribution in [1.29, 1.82) is 0 Å². The lowest BCUT2D eigenvalue weighted by Crippen LogP contribution is -2.44. The molecule has 0 radical (unpaired) electrons. The molecular weight excluding hydrogens is 370 g/mol. The molecule has 0 bridgehead atoms. The highest BCUT2D eigenvalue weighted by atomic mass is 16.5. The fourth-order valence-corrected chi connectivity index (χ4v) is 2.95. The van der Waals surface area contributed by atoms with Crippen LogP contribution in [0.1, 0.15) is 15.9 Å². The summed E-state index contributed by atoms with van der Waals surface area (Å²) in [6.45, 7) is -0.492. The smallest absolute Gasteiger partial charge is 0.338 e. The van der Waals surface area contributed by atoms with E-state index in [-0.39, 0.29) is 6.42 Å². The molecule has 0 aliphatic rings. The Hall–Kier alpha value is -3.67. The van der Waals surface area contributed by atoms with Gasteiger partial charge in [0.1, 0.15) is 6.04 Å². The molecule has 0 spiro atoms. The Kier molecular flexibility index (Phi) is 6.58. The molecule has 148 valence electrons. The Bertz CT molecular complexity index is 1020. The Morgan fingerprint density at radius 2 is 1.59 bits per heavy atom. The van der Waals surface area contributed by atoms with Crippen LogP contribution in [0.25, 0.3) is 10.8 Å². The van der Waals surface area contributed by atoms with Crippen LogP contribution in [0.2, 0.25) is 0 Å². The summed E-state index contributed by atoms with van der Waals surface area (Å²) in [5.41, 5.74) is 1.22. The largest absolute Gasteiger partial charge is 0.467 e. The molecule has 0 aliphatic carbocycles. The predicted octanol–water partition coefficient (Wildman–Crippen LogP) is 2.90. The molecule has 6 heteroatoms. The standard InChI is InChI=1S/C23H21NO5/c1-28-23(27)20(13-16-7-3-2-4-8-16)24-21(25)15-29-22(26)19-12-11-17-9-5-6-10-18(17)14-19/h2-12,14,20H,13,15H2,1H3,(H,24,25)/t20-/m0/s1. The summed E-state index contributed by atoms with van der Waals surface area (Å²) < 4.78 is 9.86. The van der Waals surface area contributed by atoms with Crippen LogP contribution in [-0.2, 0) is 25.5 Å². The van der Waals surface area contributed by atoms with Crippen LogP contribution >= 0.6 is 0 Å². The number of carbonyl (C=O) groups excluding carboxylic acids is 3. The van der Waals surface area contributed by atoms with E-state index in [1.165, 1.54) is 7.11 Å². The summed E-state index contributed by atoms with van der Waals surface area (Å²) in [6, 6.07) is 21.2. The molecule has 0 fully saturated rings. The summed E-state index contributed by atoms with van der Waals surface area (Å²) in [5.74, 6) is -1.75. The van der Waals surface area contributed by atoms with Crippen LogP contribution in [0, 0.1) is 0 Å². The number of methoxy groups -OCH3 is 1. The van der Waals surface area contributed by atoms with Gasteiger partial charge < -0.3 is 14.8 Å². The highest BCUT2D eigenvalue weighted by Crippen LogP contribution is 2.16. The maximum atomic E-state index is 12.3. The maximum Gasteiger partial charge on any atom is 0.338 e. The van der Waals surface area contributed by atoms with E-state index in [0.29, 0.717) is 5.56 Å². The van der Waals surface area contributed by atoms with Crippen molar-refractivity contribution in [2.75, 3.05) is 13.7 Å². The van der Waals surface area contributed by atoms with Gasteiger partial charge in [-0.1, -0.05) is 60.7 Å². The summed E-state index contributed by atoms with van der Waals surface area (Å²) in [7, 11) is 1.26. The van der Waals surface area contributed by atoms with Gasteiger partial charge in [0.2, 0.25) is 0 Å². The first-order chi connectivity index (χ1) is 14.1. The maximum absolute atomic E-state index is 12.3. The average molecular weight is 391 g/mol. The number of hydrogen-bond donors (Lipinski definition) is 1. The minimum atomic E-state index is -0.866. The van der Waals surface area contributed by atoms with Gasteiger partial charge in [0.05, 0.1) is 12.7 Å². The van der Waals surface area contributed by atoms with Crippen molar-refractivity contribution in [3.8, 4) is 0 Å². The van der Waals surface area contributed by atoms with Gasteiger partial charge >= 0.3 is 11.9 Å². The van der Waals surface area contributed by atoms with E-state index < -0.39 is 30.5 Å². The van der Waals surface area contributed by atoms with Crippen molar-refractivity contribution < 1.29 is 23.9 Å². The molecule has 0 aliphatic heterocycles. The molecule has 0 aromatic heterocycles. The van der Waals surface area contributed by atoms with Gasteiger partial charge in [-0.25, -0.2) is 9.59 Å². The number of fused-ring (bicyclic) bond motifs is 1. The third-order valence-electron chi connectivity index (χ3n) is 4.42. The van der Waals surface area contributed by atoms with Gasteiger partial charge in [-0.3, -0.25) is 4.79 Å². The molecule has 0 unspecified atom stereocenters. The molecule has 1 atom stereocenters. The van der Waals surface area contributed by atoms with Crippen molar-refractivity contribution >= 4 is 28.6 Å². The summed E-state index contributed by atoms with van der Waals surface area (Å²) in [4.78, 5) is 36.5. The summed E-state index contributed by atoms with van der Waals surface area (Å²) >= 11 is 0. The molecule has 29 heavy (non-hydrogen) atoms. The third-order valence-corrected chi connectivity index (χ3v) is 4.42. The highest BCUT2D eigenvalue weighted by molar-refractivity contribution is 5.96. The highest BCUT2D eigenvalue weighted by Gasteiger charge is 2.22. The fraction of sp³-hybridized carbons (Fsp3) is 0.174. The molecule has 1 N–H and O–H groups in total. The lowest BCUT2D eigenvalue weighted by molar-refractivity contribution is -0.145. The number of hydrogen-bond acceptors (Lipinski definition) is 5. The molecule has 0 heterocycles. The molecule has 3 aromatic rings. The number of benzene rings is 3. The van der Waals surface area contributed by atoms with Crippen LogP contribution in [0.3, 0.4) is 0 Å². The van der Waals surface area contributed by atoms with E-state index >= 15 is 0 Å². The number of rotatable bonds is 7. The van der Waals surface area contributed by atoms with E-state index in [1.807, 2.05) is 60.7 Å². The van der Waals surface area contributed by atoms with Crippen LogP contribution in [0.4, 0.5) is 0 Å². The lowest BCUT2D eigenvalue weighted by atomic mass is 10.1. The van der Waals surface area contributed by atoms with Crippen LogP contribution in [0.15, 0.2) is 72.8 Å². The SMILES string of the molecule is COC(=O)[C@H](Cc1ccccc1)NC(=O)COC(=O)c1ccc2ccccc2c1. The third kappa shape index (κ3) is 5.42. The predicted molar refractivity (Wildman–Crippen MR) is 108 cm³/mol. The first-order valence-corrected chi connectivity index (χ1v) is 9.14. The second kappa shape index (κ2) is 9.50. The monoisotopic (exact) mass is 391 g/mol. The van der Waals surface area contributed by atoms with Gasteiger partial charge in [-0.2, -0.15) is 0 Å². The quantitative estimate of drug-likeness (QED) is 0.627. The first-order valence-electron chi connectivity index (χ1n) is 9.14. The zero-order valence-corrected chi connectivity index (χ0v) is 16.0. The van der Waals surface area contributed by atoms with Gasteiger partial charge in [0, 0.05) is 6.42 Å². The molecule has 0 saturated heterocycles. The number of carbonyl (C=O) groups is 3. The van der Waals surface area contributed by atoms with Gasteiger partial charge in [0.25, 0.3) is 5.91 Å². The molecule has 3 rings (SSSR count). The Balaban J connectivity index is 1.59. The van der Waals surface area contributed by atoms with Crippen LogP contribution in [0.5, 0.6) is 0 Å². The fourth-order valence-electron chi connectivity index (χ4n) is 2.95. The second-order valence-corrected chi connectivity index (χ2v) is 6.47. The van der Waals surface area contributed by atoms with Gasteiger partial charge in [0.15, 0.2) is 6.61 Å². The molecular formula is C23H21NO5. The molecule has 6 nitrogen and oxygen atoms in total. The number of esters is 2. The number of nitrogens with one attached hydrogen (secondary N) is 1. The van der Waals surface area contributed by atoms with Crippen molar-refractivity contribution in [1.82, 2.24) is 5.32 Å². The number of amides is 1. The molecule has 3 aromatic carbocycles. The second-order valence-electron chi connectivity index (χ2n) is 6.47. The van der Waals surface area contributed by atoms with Crippen LogP contribution in [-0.4, -0.2) is 37.6 Å². The number of ether oxygens (including phenoxy) is 2. The van der Waals surface area contributed by atoms with E-state index in [2.05, 4.69) is 5.32 Å². The Labute approximate surface area is 168 Å². The van der Waals surface area contributed by atoms with Crippen molar-refractivity contribution in [3.05, 3.63) is 83.9 Å². The van der Waals surface area contributed by atoms with E-state index in [4.69, 9.17) is 9.47 Å². The normalized spacial score (nSPS) is 11.5. The van der Waals surface area contributed by atoms with Crippen molar-refractivity contribution in [3.63, 3.8) is 0 Å². The zero-order chi connectivity index (χ0) is 20.6. The zero-order valence-electron chi connectivity index (χ0n) is 16.0. The Morgan fingerprint density at radius 3 is 2.31 bits per heavy atom. The molecule has 1 amide bonds. The van der Waals surface area contributed by atoms with Crippen LogP contribution < -0.4 is 5.32 Å². The van der Waals surface area contributed by atoms with E-state index in [9.17, 15) is 14.4 Å². The first kappa shape index (κ1) is 20.1. The average Bonchev–Trinajstić information content (AvgIpc) is 2.76.